The fourth-order valence-corrected chi connectivity index (χ4v) is 7.30. The van der Waals surface area contributed by atoms with Crippen molar-refractivity contribution in [1.82, 2.24) is 0 Å². The van der Waals surface area contributed by atoms with Gasteiger partial charge in [0.15, 0.2) is 0 Å². The van der Waals surface area contributed by atoms with Gasteiger partial charge in [0, 0.05) is 22.5 Å². The zero-order valence-electron chi connectivity index (χ0n) is 21.4. The Morgan fingerprint density at radius 1 is 0.846 bits per heavy atom. The van der Waals surface area contributed by atoms with Crippen LogP contribution in [0.15, 0.2) is 91.0 Å². The molecule has 0 saturated carbocycles. The highest BCUT2D eigenvalue weighted by Gasteiger charge is 2.69. The lowest BCUT2D eigenvalue weighted by Gasteiger charge is -2.51. The van der Waals surface area contributed by atoms with Gasteiger partial charge in [0.1, 0.15) is 0 Å². The van der Waals surface area contributed by atoms with Crippen molar-refractivity contribution in [2.24, 2.45) is 11.3 Å². The highest BCUT2D eigenvalue weighted by atomic mass is 35.5. The summed E-state index contributed by atoms with van der Waals surface area (Å²) in [7, 11) is 0. The molecule has 0 radical (unpaired) electrons. The van der Waals surface area contributed by atoms with E-state index < -0.39 is 17.2 Å². The van der Waals surface area contributed by atoms with Crippen molar-refractivity contribution in [3.8, 4) is 0 Å². The first kappa shape index (κ1) is 23.9. The number of para-hydroxylation sites is 1. The first-order valence-electron chi connectivity index (χ1n) is 13.0. The first-order valence-corrected chi connectivity index (χ1v) is 13.4. The van der Waals surface area contributed by atoms with Crippen molar-refractivity contribution in [3.63, 3.8) is 0 Å². The predicted molar refractivity (Wildman–Crippen MR) is 151 cm³/mol. The van der Waals surface area contributed by atoms with E-state index in [0.29, 0.717) is 16.4 Å². The second kappa shape index (κ2) is 8.39. The third-order valence-electron chi connectivity index (χ3n) is 8.85. The molecular weight excluding hydrogens is 508 g/mol. The molecular formula is C33H25ClN2O3. The molecule has 6 heteroatoms. The number of nitrogens with zero attached hydrogens (tertiary/aromatic N) is 1. The van der Waals surface area contributed by atoms with Crippen molar-refractivity contribution in [3.05, 3.63) is 129 Å². The van der Waals surface area contributed by atoms with Gasteiger partial charge >= 0.3 is 0 Å². The minimum Gasteiger partial charge on any atom is -0.322 e. The van der Waals surface area contributed by atoms with E-state index in [1.807, 2.05) is 44.2 Å². The fourth-order valence-electron chi connectivity index (χ4n) is 7.12. The summed E-state index contributed by atoms with van der Waals surface area (Å²) in [5.74, 6) is -1.99. The summed E-state index contributed by atoms with van der Waals surface area (Å²) < 4.78 is 0. The van der Waals surface area contributed by atoms with Gasteiger partial charge in [-0.2, -0.15) is 0 Å². The Balaban J connectivity index is 1.35. The van der Waals surface area contributed by atoms with Gasteiger partial charge < -0.3 is 5.32 Å². The number of rotatable bonds is 3. The van der Waals surface area contributed by atoms with Gasteiger partial charge in [-0.05, 0) is 65.9 Å². The van der Waals surface area contributed by atoms with Crippen molar-refractivity contribution in [2.75, 3.05) is 10.2 Å². The lowest BCUT2D eigenvalue weighted by atomic mass is 9.48. The van der Waals surface area contributed by atoms with Crippen LogP contribution in [0.2, 0.25) is 5.02 Å². The zero-order valence-corrected chi connectivity index (χ0v) is 22.2. The van der Waals surface area contributed by atoms with E-state index in [4.69, 9.17) is 11.6 Å². The molecule has 4 aliphatic rings. The number of anilines is 2. The van der Waals surface area contributed by atoms with Gasteiger partial charge in [-0.3, -0.25) is 14.4 Å². The Morgan fingerprint density at radius 2 is 1.44 bits per heavy atom. The molecule has 2 atom stereocenters. The van der Waals surface area contributed by atoms with Crippen LogP contribution in [0.25, 0.3) is 0 Å². The number of benzene rings is 4. The van der Waals surface area contributed by atoms with Gasteiger partial charge in [0.25, 0.3) is 5.91 Å². The van der Waals surface area contributed by atoms with E-state index in [9.17, 15) is 14.4 Å². The molecule has 1 aliphatic heterocycles. The second-order valence-corrected chi connectivity index (χ2v) is 11.3. The Morgan fingerprint density at radius 3 is 2.10 bits per heavy atom. The number of nitrogens with one attached hydrogen (secondary N) is 1. The number of hydrogen-bond donors (Lipinski definition) is 1. The summed E-state index contributed by atoms with van der Waals surface area (Å²) in [6, 6.07) is 28.4. The number of carbonyl (C=O) groups is 3. The zero-order chi connectivity index (χ0) is 27.1. The molecule has 0 unspecified atom stereocenters. The van der Waals surface area contributed by atoms with Gasteiger partial charge in [-0.15, -0.1) is 0 Å². The number of imide groups is 1. The maximum Gasteiger partial charge on any atom is 0.257 e. The number of amides is 3. The highest BCUT2D eigenvalue weighted by molar-refractivity contribution is 6.31. The average Bonchev–Trinajstić information content (AvgIpc) is 3.15. The minimum absolute atomic E-state index is 0.232. The molecule has 8 rings (SSSR count). The van der Waals surface area contributed by atoms with Crippen LogP contribution < -0.4 is 10.2 Å². The van der Waals surface area contributed by atoms with Crippen LogP contribution in [0.1, 0.15) is 56.9 Å². The van der Waals surface area contributed by atoms with E-state index in [-0.39, 0.29) is 29.2 Å². The molecule has 39 heavy (non-hydrogen) atoms. The lowest BCUT2D eigenvalue weighted by Crippen LogP contribution is -2.49. The van der Waals surface area contributed by atoms with Gasteiger partial charge in [-0.1, -0.05) is 78.3 Å². The summed E-state index contributed by atoms with van der Waals surface area (Å²) in [6.07, 6.45) is 0. The summed E-state index contributed by atoms with van der Waals surface area (Å²) in [4.78, 5) is 43.6. The largest absolute Gasteiger partial charge is 0.322 e. The molecule has 1 N–H and O–H groups in total. The normalized spacial score (nSPS) is 24.3. The van der Waals surface area contributed by atoms with Crippen LogP contribution in [0.4, 0.5) is 11.4 Å². The first-order chi connectivity index (χ1) is 18.8. The van der Waals surface area contributed by atoms with Crippen molar-refractivity contribution in [2.45, 2.75) is 25.7 Å². The van der Waals surface area contributed by atoms with E-state index >= 15 is 0 Å². The molecule has 0 aromatic heterocycles. The molecule has 4 aromatic carbocycles. The Bertz CT molecular complexity index is 1680. The SMILES string of the molecule is Cc1ccc(Cl)cc1NC(=O)c1ccccc1N1C(=O)[C@@H]2C3c4ccccc4C(c4ccccc43)[C@@]2(C)C1=O. The van der Waals surface area contributed by atoms with Gasteiger partial charge in [0.2, 0.25) is 11.8 Å². The van der Waals surface area contributed by atoms with Gasteiger partial charge in [-0.25, -0.2) is 4.90 Å². The monoisotopic (exact) mass is 532 g/mol. The number of hydrogen-bond acceptors (Lipinski definition) is 3. The van der Waals surface area contributed by atoms with Crippen molar-refractivity contribution in [1.29, 1.82) is 0 Å². The Labute approximate surface area is 231 Å². The molecule has 2 bridgehead atoms. The molecule has 0 spiro atoms. The Kier molecular flexibility index (Phi) is 5.13. The second-order valence-electron chi connectivity index (χ2n) is 10.8. The van der Waals surface area contributed by atoms with Crippen LogP contribution in [-0.4, -0.2) is 17.7 Å². The fraction of sp³-hybridized carbons (Fsp3) is 0.182. The summed E-state index contributed by atoms with van der Waals surface area (Å²) in [5.41, 5.74) is 5.42. The predicted octanol–water partition coefficient (Wildman–Crippen LogP) is 6.69. The average molecular weight is 533 g/mol. The minimum atomic E-state index is -0.975. The third kappa shape index (κ3) is 3.17. The molecule has 3 aliphatic carbocycles. The summed E-state index contributed by atoms with van der Waals surface area (Å²) in [5, 5.41) is 3.42. The van der Waals surface area contributed by atoms with Crippen LogP contribution in [0.3, 0.4) is 0 Å². The summed E-state index contributed by atoms with van der Waals surface area (Å²) >= 11 is 6.17. The standard InChI is InChI=1S/C33H25ClN2O3/c1-18-15-16-19(34)17-25(18)35-30(37)24-13-7-8-14-26(24)36-31(38)29-27-20-9-3-5-11-22(20)28(33(29,2)32(36)39)23-12-6-4-10-21(23)27/h3-17,27-29H,1-2H3,(H,35,37)/t27?,28?,29-,33+/m0/s1. The van der Waals surface area contributed by atoms with Crippen molar-refractivity contribution < 1.29 is 14.4 Å². The maximum absolute atomic E-state index is 14.5. The van der Waals surface area contributed by atoms with E-state index in [0.717, 1.165) is 27.8 Å². The van der Waals surface area contributed by atoms with Crippen molar-refractivity contribution >= 4 is 40.7 Å². The number of aryl methyl sites for hydroxylation is 1. The molecule has 192 valence electrons. The van der Waals surface area contributed by atoms with Gasteiger partial charge in [0.05, 0.1) is 22.6 Å². The highest BCUT2D eigenvalue weighted by Crippen LogP contribution is 2.67. The molecule has 1 saturated heterocycles. The molecule has 1 heterocycles. The van der Waals surface area contributed by atoms with E-state index in [1.54, 1.807) is 36.4 Å². The maximum atomic E-state index is 14.5. The molecule has 5 nitrogen and oxygen atoms in total. The summed E-state index contributed by atoms with van der Waals surface area (Å²) in [6.45, 7) is 3.81. The quantitative estimate of drug-likeness (QED) is 0.299. The molecule has 4 aromatic rings. The smallest absolute Gasteiger partial charge is 0.257 e. The third-order valence-corrected chi connectivity index (χ3v) is 9.09. The molecule has 1 fully saturated rings. The molecule has 3 amide bonds. The Hall–Kier alpha value is -4.22. The van der Waals surface area contributed by atoms with E-state index in [2.05, 4.69) is 29.6 Å². The van der Waals surface area contributed by atoms with E-state index in [1.165, 1.54) is 4.90 Å². The van der Waals surface area contributed by atoms with Crippen LogP contribution in [-0.2, 0) is 9.59 Å². The van der Waals surface area contributed by atoms with Crippen LogP contribution >= 0.6 is 11.6 Å². The topological polar surface area (TPSA) is 66.5 Å². The lowest BCUT2D eigenvalue weighted by molar-refractivity contribution is -0.128. The van der Waals surface area contributed by atoms with Crippen LogP contribution in [0, 0.1) is 18.3 Å². The number of carbonyl (C=O) groups excluding carboxylic acids is 3. The number of halogens is 1. The van der Waals surface area contributed by atoms with Crippen LogP contribution in [0.5, 0.6) is 0 Å².